The fourth-order valence-electron chi connectivity index (χ4n) is 1.54. The molecule has 1 atom stereocenters. The molecule has 2 aromatic rings. The molecule has 0 radical (unpaired) electrons. The fraction of sp³-hybridized carbons (Fsp3) is 0.273. The maximum atomic E-state index is 5.75. The largest absolute Gasteiger partial charge is 0.271 e. The average molecular weight is 269 g/mol. The van der Waals surface area contributed by atoms with Crippen LogP contribution in [0.4, 0.5) is 0 Å². The van der Waals surface area contributed by atoms with Gasteiger partial charge in [-0.1, -0.05) is 17.7 Å². The molecular weight excluding hydrogens is 256 g/mol. The van der Waals surface area contributed by atoms with Gasteiger partial charge in [0, 0.05) is 23.7 Å². The first kappa shape index (κ1) is 12.4. The highest BCUT2D eigenvalue weighted by molar-refractivity contribution is 7.09. The Kier molecular flexibility index (Phi) is 4.06. The Bertz CT molecular complexity index is 482. The van der Waals surface area contributed by atoms with Gasteiger partial charge in [0.2, 0.25) is 0 Å². The van der Waals surface area contributed by atoms with Crippen LogP contribution in [-0.4, -0.2) is 9.97 Å². The SMILES string of the molecule is Cc1csc(CC(NN)c2ccc(Cl)nc2)n1. The van der Waals surface area contributed by atoms with Crippen LogP contribution >= 0.6 is 22.9 Å². The summed E-state index contributed by atoms with van der Waals surface area (Å²) < 4.78 is 0. The van der Waals surface area contributed by atoms with Crippen molar-refractivity contribution < 1.29 is 0 Å². The number of aryl methyl sites for hydroxylation is 1. The fourth-order valence-corrected chi connectivity index (χ4v) is 2.47. The minimum atomic E-state index is 0.00492. The normalized spacial score (nSPS) is 12.6. The summed E-state index contributed by atoms with van der Waals surface area (Å²) in [6.45, 7) is 1.98. The van der Waals surface area contributed by atoms with Gasteiger partial charge in [-0.2, -0.15) is 0 Å². The molecule has 0 spiro atoms. The average Bonchev–Trinajstić information content (AvgIpc) is 2.73. The van der Waals surface area contributed by atoms with Crippen molar-refractivity contribution in [3.05, 3.63) is 45.1 Å². The smallest absolute Gasteiger partial charge is 0.129 e. The molecule has 2 heterocycles. The second-order valence-electron chi connectivity index (χ2n) is 3.72. The molecule has 0 saturated heterocycles. The van der Waals surface area contributed by atoms with Gasteiger partial charge in [0.15, 0.2) is 0 Å². The van der Waals surface area contributed by atoms with Crippen LogP contribution in [0.2, 0.25) is 5.15 Å². The van der Waals surface area contributed by atoms with E-state index in [9.17, 15) is 0 Å². The molecule has 3 N–H and O–H groups in total. The Hall–Kier alpha value is -1.01. The van der Waals surface area contributed by atoms with E-state index < -0.39 is 0 Å². The molecule has 90 valence electrons. The topological polar surface area (TPSA) is 63.8 Å². The Balaban J connectivity index is 2.13. The van der Waals surface area contributed by atoms with E-state index in [1.54, 1.807) is 23.6 Å². The van der Waals surface area contributed by atoms with Crippen LogP contribution in [0.5, 0.6) is 0 Å². The molecule has 2 aromatic heterocycles. The first-order valence-corrected chi connectivity index (χ1v) is 6.43. The summed E-state index contributed by atoms with van der Waals surface area (Å²) in [5.41, 5.74) is 4.82. The lowest BCUT2D eigenvalue weighted by Gasteiger charge is -2.14. The maximum absolute atomic E-state index is 5.75. The van der Waals surface area contributed by atoms with E-state index in [1.807, 2.05) is 18.4 Å². The quantitative estimate of drug-likeness (QED) is 0.507. The van der Waals surface area contributed by atoms with Gasteiger partial charge in [0.25, 0.3) is 0 Å². The van der Waals surface area contributed by atoms with E-state index in [0.29, 0.717) is 5.15 Å². The Morgan fingerprint density at radius 2 is 2.35 bits per heavy atom. The van der Waals surface area contributed by atoms with Crippen molar-refractivity contribution in [3.8, 4) is 0 Å². The van der Waals surface area contributed by atoms with Crippen molar-refractivity contribution >= 4 is 22.9 Å². The van der Waals surface area contributed by atoms with E-state index in [2.05, 4.69) is 15.4 Å². The third-order valence-corrected chi connectivity index (χ3v) is 3.61. The second kappa shape index (κ2) is 5.55. The third kappa shape index (κ3) is 3.23. The number of thiazole rings is 1. The molecule has 0 bridgehead atoms. The van der Waals surface area contributed by atoms with Gasteiger partial charge < -0.3 is 0 Å². The lowest BCUT2D eigenvalue weighted by molar-refractivity contribution is 0.549. The number of pyridine rings is 1. The first-order chi connectivity index (χ1) is 8.19. The van der Waals surface area contributed by atoms with E-state index in [4.69, 9.17) is 17.4 Å². The minimum absolute atomic E-state index is 0.00492. The number of nitrogens with one attached hydrogen (secondary N) is 1. The van der Waals surface area contributed by atoms with Crippen LogP contribution in [0.25, 0.3) is 0 Å². The number of rotatable bonds is 4. The minimum Gasteiger partial charge on any atom is -0.271 e. The van der Waals surface area contributed by atoms with Gasteiger partial charge in [-0.05, 0) is 18.6 Å². The van der Waals surface area contributed by atoms with Crippen molar-refractivity contribution in [3.63, 3.8) is 0 Å². The van der Waals surface area contributed by atoms with Gasteiger partial charge >= 0.3 is 0 Å². The molecule has 0 fully saturated rings. The maximum Gasteiger partial charge on any atom is 0.129 e. The Morgan fingerprint density at radius 1 is 1.53 bits per heavy atom. The van der Waals surface area contributed by atoms with Crippen LogP contribution in [-0.2, 0) is 6.42 Å². The molecule has 2 rings (SSSR count). The van der Waals surface area contributed by atoms with Gasteiger partial charge in [0.05, 0.1) is 11.0 Å². The molecule has 17 heavy (non-hydrogen) atoms. The number of hydrazine groups is 1. The summed E-state index contributed by atoms with van der Waals surface area (Å²) in [7, 11) is 0. The zero-order valence-corrected chi connectivity index (χ0v) is 10.9. The predicted octanol–water partition coefficient (Wildman–Crippen LogP) is 2.25. The van der Waals surface area contributed by atoms with E-state index in [-0.39, 0.29) is 6.04 Å². The molecule has 1 unspecified atom stereocenters. The van der Waals surface area contributed by atoms with Crippen molar-refractivity contribution in [1.29, 1.82) is 0 Å². The summed E-state index contributed by atoms with van der Waals surface area (Å²) in [4.78, 5) is 8.47. The molecule has 0 aromatic carbocycles. The molecule has 4 nitrogen and oxygen atoms in total. The number of hydrogen-bond donors (Lipinski definition) is 2. The van der Waals surface area contributed by atoms with Gasteiger partial charge in [0.1, 0.15) is 5.15 Å². The highest BCUT2D eigenvalue weighted by Crippen LogP contribution is 2.20. The van der Waals surface area contributed by atoms with Crippen molar-refractivity contribution in [1.82, 2.24) is 15.4 Å². The molecular formula is C11H13ClN4S. The van der Waals surface area contributed by atoms with Crippen molar-refractivity contribution in [2.45, 2.75) is 19.4 Å². The van der Waals surface area contributed by atoms with Crippen LogP contribution in [0.3, 0.4) is 0 Å². The zero-order valence-electron chi connectivity index (χ0n) is 9.35. The summed E-state index contributed by atoms with van der Waals surface area (Å²) in [6.07, 6.45) is 2.48. The monoisotopic (exact) mass is 268 g/mol. The van der Waals surface area contributed by atoms with Crippen LogP contribution in [0.1, 0.15) is 22.3 Å². The summed E-state index contributed by atoms with van der Waals surface area (Å²) in [6, 6.07) is 3.68. The summed E-state index contributed by atoms with van der Waals surface area (Å²) >= 11 is 7.39. The lowest BCUT2D eigenvalue weighted by Crippen LogP contribution is -2.29. The number of aromatic nitrogens is 2. The summed E-state index contributed by atoms with van der Waals surface area (Å²) in [5, 5.41) is 3.57. The van der Waals surface area contributed by atoms with Crippen molar-refractivity contribution in [2.24, 2.45) is 5.84 Å². The standard InChI is InChI=1S/C11H13ClN4S/c1-7-6-17-11(15-7)4-9(16-13)8-2-3-10(12)14-5-8/h2-3,5-6,9,16H,4,13H2,1H3. The molecule has 0 aliphatic rings. The van der Waals surface area contributed by atoms with Gasteiger partial charge in [-0.3, -0.25) is 11.3 Å². The Morgan fingerprint density at radius 3 is 2.88 bits per heavy atom. The first-order valence-electron chi connectivity index (χ1n) is 5.17. The molecule has 0 amide bonds. The molecule has 0 aliphatic carbocycles. The lowest BCUT2D eigenvalue weighted by atomic mass is 10.1. The van der Waals surface area contributed by atoms with E-state index in [1.165, 1.54) is 0 Å². The number of nitrogens with two attached hydrogens (primary N) is 1. The number of hydrogen-bond acceptors (Lipinski definition) is 5. The number of nitrogens with zero attached hydrogens (tertiary/aromatic N) is 2. The van der Waals surface area contributed by atoms with Gasteiger partial charge in [-0.15, -0.1) is 11.3 Å². The molecule has 6 heteroatoms. The van der Waals surface area contributed by atoms with Crippen LogP contribution in [0.15, 0.2) is 23.7 Å². The van der Waals surface area contributed by atoms with Crippen LogP contribution in [0, 0.1) is 6.92 Å². The molecule has 0 saturated carbocycles. The third-order valence-electron chi connectivity index (χ3n) is 2.40. The van der Waals surface area contributed by atoms with Crippen molar-refractivity contribution in [2.75, 3.05) is 0 Å². The van der Waals surface area contributed by atoms with E-state index >= 15 is 0 Å². The zero-order chi connectivity index (χ0) is 12.3. The number of halogens is 1. The molecule has 0 aliphatic heterocycles. The summed E-state index contributed by atoms with van der Waals surface area (Å²) in [5.74, 6) is 5.56. The predicted molar refractivity (Wildman–Crippen MR) is 69.9 cm³/mol. The second-order valence-corrected chi connectivity index (χ2v) is 5.05. The Labute approximate surface area is 109 Å². The van der Waals surface area contributed by atoms with E-state index in [0.717, 1.165) is 22.7 Å². The van der Waals surface area contributed by atoms with Gasteiger partial charge in [-0.25, -0.2) is 9.97 Å². The highest BCUT2D eigenvalue weighted by Gasteiger charge is 2.13. The highest BCUT2D eigenvalue weighted by atomic mass is 35.5. The van der Waals surface area contributed by atoms with Crippen LogP contribution < -0.4 is 11.3 Å².